The summed E-state index contributed by atoms with van der Waals surface area (Å²) in [4.78, 5) is 94.8. The zero-order chi connectivity index (χ0) is 104. The fraction of sp³-hybridized carbons (Fsp3) is 0.654. The molecule has 0 aromatic heterocycles. The first kappa shape index (κ1) is 113. The van der Waals surface area contributed by atoms with E-state index in [0.717, 1.165) is 50.0 Å². The molecule has 13 saturated carbocycles. The van der Waals surface area contributed by atoms with Gasteiger partial charge in [0.05, 0.1) is 34.8 Å². The van der Waals surface area contributed by atoms with Crippen LogP contribution in [0.4, 0.5) is 48.3 Å². The first-order valence-electron chi connectivity index (χ1n) is 50.3. The van der Waals surface area contributed by atoms with E-state index in [1.165, 1.54) is 107 Å². The molecule has 8 bridgehead atoms. The molecule has 2 unspecified atom stereocenters. The molecule has 2 heterocycles. The van der Waals surface area contributed by atoms with Gasteiger partial charge in [0.25, 0.3) is 6.10 Å². The second-order valence-corrected chi connectivity index (χ2v) is 56.1. The number of halogens is 11. The molecule has 5 aromatic carbocycles. The van der Waals surface area contributed by atoms with E-state index in [2.05, 4.69) is 195 Å². The van der Waals surface area contributed by atoms with Crippen molar-refractivity contribution in [2.24, 2.45) is 92.7 Å². The summed E-state index contributed by atoms with van der Waals surface area (Å²) >= 11 is 0. The van der Waals surface area contributed by atoms with Gasteiger partial charge >= 0.3 is 45.8 Å². The molecule has 15 fully saturated rings. The number of carbonyl (C=O) groups is 7. The fourth-order valence-electron chi connectivity index (χ4n) is 26.5. The lowest BCUT2D eigenvalue weighted by Crippen LogP contribution is -2.60. The van der Waals surface area contributed by atoms with Gasteiger partial charge in [-0.1, -0.05) is 152 Å². The van der Waals surface area contributed by atoms with Crippen LogP contribution in [0.1, 0.15) is 282 Å². The topological polar surface area (TPSA) is 319 Å². The number of ether oxygens (including phenoxy) is 3. The average Bonchev–Trinajstić information content (AvgIpc) is 1.62. The van der Waals surface area contributed by atoms with Gasteiger partial charge in [0.15, 0.2) is 61.3 Å². The maximum Gasteiger partial charge on any atom is 0.432 e. The van der Waals surface area contributed by atoms with Gasteiger partial charge in [-0.15, -0.1) is 0 Å². The lowest BCUT2D eigenvalue weighted by atomic mass is 9.44. The van der Waals surface area contributed by atoms with Crippen molar-refractivity contribution in [1.82, 2.24) is 0 Å². The molecular weight excluding hydrogens is 1990 g/mol. The summed E-state index contributed by atoms with van der Waals surface area (Å²) in [6.07, 6.45) is 12.1. The molecule has 15 aliphatic rings. The van der Waals surface area contributed by atoms with E-state index in [9.17, 15) is 121 Å². The standard InChI is InChI=1S/C28H38F4O8S.C20H29OS.C18H15S.C14H17F5O5S.C14H21S.C13H18F2O5S/c1-15(4-7-23(36)40-11-10-27(29,30)28(31,32)41(37,38)39)18-5-6-19-24-20(14-22(35)26(18,19)3)25(2)9-8-17(33)12-16(25)13-21(24)34;1-20(2,22-14-6-7-15-22)19(21)18-12-10-17(11-13-18)16-8-4-3-5-9-16;1-4-10-16(11-5-1)19(17-12-6-2-7-13-17)18-14-8-3-9-15-18;15-13(16,17)10(14(18,19)25(21,22)23)24-11(20)12-4-7-1-8(5-12)3-9(2-7)6-12;1-14(2,3)12-6-8-13(9-7-12)15-10-4-5-11-15;14-13(15,21(17,18)19)7-20-11(16)12-4-8-1-9(5-12)3-10(2-8)6-12/h15-16,18-20,24H,4-14H2,1-3H3,(H,37,38,39);10-13,16H,3-9,14-15H2,1-2H3;1-15H;7-10H,1-6H2,(H,21,22,23);6-9H,4-5,10-11H2,1-3H3;8-10H,1-7H2,(H,17,18,19)/q;2*+1;;+1;/p-3/t15-,16?,18-,19+,20+,24+,25+,26-;;;;;/m1...../s1. The predicted octanol–water partition coefficient (Wildman–Crippen LogP) is 23.0. The van der Waals surface area contributed by atoms with E-state index in [-0.39, 0.29) is 147 Å². The van der Waals surface area contributed by atoms with Crippen molar-refractivity contribution in [3.8, 4) is 0 Å². The highest BCUT2D eigenvalue weighted by Crippen LogP contribution is 2.68. The van der Waals surface area contributed by atoms with Crippen LogP contribution in [-0.4, -0.2) is 155 Å². The number of benzene rings is 5. The summed E-state index contributed by atoms with van der Waals surface area (Å²) in [5.74, 6) is -0.731. The first-order valence-corrected chi connectivity index (χ1v) is 58.9. The highest BCUT2D eigenvalue weighted by molar-refractivity contribution is 7.99. The molecule has 0 spiro atoms. The van der Waals surface area contributed by atoms with Gasteiger partial charge in [-0.25, -0.2) is 25.3 Å². The van der Waals surface area contributed by atoms with Crippen molar-refractivity contribution in [3.63, 3.8) is 0 Å². The van der Waals surface area contributed by atoms with E-state index < -0.39 is 118 Å². The summed E-state index contributed by atoms with van der Waals surface area (Å²) in [5, 5.41) is -16.2. The van der Waals surface area contributed by atoms with Crippen molar-refractivity contribution in [3.05, 3.63) is 156 Å². The lowest BCUT2D eigenvalue weighted by molar-refractivity contribution is -0.266. The maximum atomic E-state index is 13.8. The van der Waals surface area contributed by atoms with Crippen LogP contribution in [-0.2, 0) is 111 Å². The van der Waals surface area contributed by atoms with Crippen LogP contribution >= 0.6 is 0 Å². The Morgan fingerprint density at radius 1 is 0.524 bits per heavy atom. The Labute approximate surface area is 842 Å². The van der Waals surface area contributed by atoms with Crippen LogP contribution < -0.4 is 0 Å². The Morgan fingerprint density at radius 2 is 0.993 bits per heavy atom. The third-order valence-electron chi connectivity index (χ3n) is 33.5. The number of ketones is 4. The Morgan fingerprint density at radius 3 is 1.44 bits per heavy atom. The zero-order valence-electron chi connectivity index (χ0n) is 82.4. The second kappa shape index (κ2) is 44.8. The molecule has 2 aliphatic heterocycles. The fourth-order valence-corrected chi connectivity index (χ4v) is 34.7. The average molecular weight is 2130 g/mol. The van der Waals surface area contributed by atoms with Crippen LogP contribution in [0.5, 0.6) is 0 Å². The molecular formula is C107H135F11O19S6. The number of hydrogen-bond donors (Lipinski definition) is 0. The molecule has 2 saturated heterocycles. The quantitative estimate of drug-likeness (QED) is 0.0131. The van der Waals surface area contributed by atoms with E-state index in [0.29, 0.717) is 92.2 Å². The van der Waals surface area contributed by atoms with Crippen molar-refractivity contribution in [2.45, 2.75) is 324 Å². The van der Waals surface area contributed by atoms with Gasteiger partial charge in [-0.3, -0.25) is 33.6 Å². The number of fused-ring (bicyclic) bond motifs is 5. The number of rotatable bonds is 25. The molecule has 5 aromatic rings. The van der Waals surface area contributed by atoms with Crippen LogP contribution in [0.15, 0.2) is 159 Å². The smallest absolute Gasteiger partial charge is 0.432 e. The highest BCUT2D eigenvalue weighted by Gasteiger charge is 2.69. The zero-order valence-corrected chi connectivity index (χ0v) is 87.3. The van der Waals surface area contributed by atoms with E-state index in [1.807, 2.05) is 13.8 Å². The van der Waals surface area contributed by atoms with Gasteiger partial charge in [0.2, 0.25) is 5.78 Å². The monoisotopic (exact) mass is 2120 g/mol. The van der Waals surface area contributed by atoms with Crippen LogP contribution in [0, 0.1) is 92.7 Å². The SMILES string of the molecule is CC(C)(C(=O)c1ccc(C2CCCCC2)cc1)[S+]1CCCC1.CC(C)(C)c1ccc([S+]2CCCC2)cc1.C[C@H](CCC(=O)OCCC(F)(F)C(F)(F)S(=O)(=O)[O-])[C@H]1CC[C@H]2[C@@H]3C(=O)CC4CC(=O)CC[C@]4(C)[C@H]3CC(=O)[C@]12C.O=C(OC(C(F)(F)F)C(F)(F)S(=O)(=O)[O-])C12CC3CC(CC(C3)C1)C2.O=C(OCC(F)(F)S(=O)(=O)[O-])C12CC3CC(CC(C3)C1)C2.c1ccc([S+](c2ccccc2)c2ccccc2)cc1. The normalized spacial score (nSPS) is 29.1. The summed E-state index contributed by atoms with van der Waals surface area (Å²) in [7, 11) is -18.3. The first-order chi connectivity index (χ1) is 66.7. The van der Waals surface area contributed by atoms with E-state index in [4.69, 9.17) is 0 Å². The largest absolute Gasteiger partial charge is 0.743 e. The van der Waals surface area contributed by atoms with Gasteiger partial charge in [0, 0.05) is 70.8 Å². The summed E-state index contributed by atoms with van der Waals surface area (Å²) in [6, 6.07) is 50.1. The molecule has 0 radical (unpaired) electrons. The number of Topliss-reactive ketones (excluding diaryl/α,β-unsaturated/α-hetero) is 4. The second-order valence-electron chi connectivity index (χ2n) is 44.5. The molecule has 13 aliphatic carbocycles. The summed E-state index contributed by atoms with van der Waals surface area (Å²) < 4.78 is 253. The van der Waals surface area contributed by atoms with Crippen LogP contribution in [0.25, 0.3) is 0 Å². The number of alkyl halides is 11. The van der Waals surface area contributed by atoms with E-state index in [1.54, 1.807) is 4.90 Å². The van der Waals surface area contributed by atoms with Crippen molar-refractivity contribution >= 4 is 104 Å². The molecule has 790 valence electrons. The van der Waals surface area contributed by atoms with Crippen molar-refractivity contribution in [1.29, 1.82) is 0 Å². The number of esters is 3. The Balaban J connectivity index is 0.000000149. The predicted molar refractivity (Wildman–Crippen MR) is 520 cm³/mol. The minimum atomic E-state index is -6.67. The molecule has 0 N–H and O–H groups in total. The number of carbonyl (C=O) groups excluding carboxylic acids is 7. The minimum Gasteiger partial charge on any atom is -0.743 e. The molecule has 0 amide bonds. The Bertz CT molecular complexity index is 5470. The maximum absolute atomic E-state index is 13.8. The molecule has 36 heteroatoms. The van der Waals surface area contributed by atoms with Gasteiger partial charge in [0.1, 0.15) is 40.4 Å². The third-order valence-corrected chi connectivity index (χ3v) is 44.1. The highest BCUT2D eigenvalue weighted by atomic mass is 32.2. The summed E-state index contributed by atoms with van der Waals surface area (Å²) in [6.45, 7) is 14.2. The minimum absolute atomic E-state index is 0.0146. The number of hydrogen-bond acceptors (Lipinski definition) is 19. The Hall–Kier alpha value is -6.80. The van der Waals surface area contributed by atoms with Crippen molar-refractivity contribution in [2.75, 3.05) is 36.2 Å². The molecule has 20 rings (SSSR count). The van der Waals surface area contributed by atoms with Crippen LogP contribution in [0.2, 0.25) is 0 Å². The lowest BCUT2D eigenvalue weighted by Gasteiger charge is -2.58. The summed E-state index contributed by atoms with van der Waals surface area (Å²) in [5.41, 5.74) is 1.06. The van der Waals surface area contributed by atoms with Gasteiger partial charge in [-0.05, 0) is 297 Å². The molecule has 143 heavy (non-hydrogen) atoms. The van der Waals surface area contributed by atoms with E-state index >= 15 is 0 Å². The van der Waals surface area contributed by atoms with Crippen molar-refractivity contribution < 1.29 is 135 Å². The molecule has 19 nitrogen and oxygen atoms in total. The third kappa shape index (κ3) is 25.6. The van der Waals surface area contributed by atoms with Crippen LogP contribution in [0.3, 0.4) is 0 Å². The Kier molecular flexibility index (Phi) is 35.5. The van der Waals surface area contributed by atoms with Gasteiger partial charge in [-0.2, -0.15) is 48.3 Å². The molecule has 9 atom stereocenters. The van der Waals surface area contributed by atoms with Gasteiger partial charge < -0.3 is 27.9 Å².